The standard InChI is InChI=1S/C18H13BrFN3O3S2/c19-13-7-8-15(20)12(10-13)11-21-22-18(24)14-4-1-2-5-16(14)23-28(25,26)17-6-3-9-27-17/h1-11,23H,(H,22,24)/b21-11+. The molecule has 0 aliphatic heterocycles. The summed E-state index contributed by atoms with van der Waals surface area (Å²) in [5, 5.41) is 5.39. The molecule has 0 radical (unpaired) electrons. The summed E-state index contributed by atoms with van der Waals surface area (Å²) < 4.78 is 41.7. The lowest BCUT2D eigenvalue weighted by molar-refractivity contribution is 0.0956. The van der Waals surface area contributed by atoms with Crippen LogP contribution in [0.3, 0.4) is 0 Å². The van der Waals surface area contributed by atoms with E-state index in [1.165, 1.54) is 30.3 Å². The number of thiophene rings is 1. The van der Waals surface area contributed by atoms with E-state index in [1.807, 2.05) is 0 Å². The predicted molar refractivity (Wildman–Crippen MR) is 111 cm³/mol. The highest BCUT2D eigenvalue weighted by molar-refractivity contribution is 9.10. The van der Waals surface area contributed by atoms with Crippen LogP contribution in [0.4, 0.5) is 10.1 Å². The molecular weight excluding hydrogens is 469 g/mol. The quantitative estimate of drug-likeness (QED) is 0.408. The minimum Gasteiger partial charge on any atom is -0.278 e. The van der Waals surface area contributed by atoms with Crippen molar-refractivity contribution in [3.05, 3.63) is 81.4 Å². The van der Waals surface area contributed by atoms with Crippen LogP contribution in [0.25, 0.3) is 0 Å². The van der Waals surface area contributed by atoms with Gasteiger partial charge >= 0.3 is 0 Å². The van der Waals surface area contributed by atoms with Gasteiger partial charge in [0.15, 0.2) is 0 Å². The zero-order chi connectivity index (χ0) is 20.1. The number of anilines is 1. The maximum atomic E-state index is 13.7. The molecular formula is C18H13BrFN3O3S2. The van der Waals surface area contributed by atoms with E-state index in [0.717, 1.165) is 17.6 Å². The van der Waals surface area contributed by atoms with Gasteiger partial charge < -0.3 is 0 Å². The van der Waals surface area contributed by atoms with E-state index >= 15 is 0 Å². The molecule has 1 aromatic heterocycles. The number of sulfonamides is 1. The van der Waals surface area contributed by atoms with Crippen molar-refractivity contribution in [3.63, 3.8) is 0 Å². The molecule has 10 heteroatoms. The molecule has 1 amide bonds. The minimum absolute atomic E-state index is 0.0782. The molecule has 28 heavy (non-hydrogen) atoms. The first-order valence-corrected chi connectivity index (χ1v) is 11.0. The van der Waals surface area contributed by atoms with Crippen LogP contribution in [-0.4, -0.2) is 20.5 Å². The van der Waals surface area contributed by atoms with Crippen molar-refractivity contribution in [1.82, 2.24) is 5.43 Å². The Hall–Kier alpha value is -2.56. The molecule has 0 unspecified atom stereocenters. The first kappa shape index (κ1) is 20.2. The zero-order valence-electron chi connectivity index (χ0n) is 14.1. The molecule has 0 spiro atoms. The highest BCUT2D eigenvalue weighted by atomic mass is 79.9. The van der Waals surface area contributed by atoms with Crippen LogP contribution in [0, 0.1) is 5.82 Å². The van der Waals surface area contributed by atoms with E-state index in [0.29, 0.717) is 4.47 Å². The number of nitrogens with zero attached hydrogens (tertiary/aromatic N) is 1. The Bertz CT molecular complexity index is 1130. The Labute approximate surface area is 173 Å². The number of hydrogen-bond donors (Lipinski definition) is 2. The Morgan fingerprint density at radius 2 is 1.93 bits per heavy atom. The van der Waals surface area contributed by atoms with Crippen LogP contribution in [0.15, 0.2) is 73.8 Å². The van der Waals surface area contributed by atoms with Crippen LogP contribution in [0.5, 0.6) is 0 Å². The van der Waals surface area contributed by atoms with Crippen LogP contribution >= 0.6 is 27.3 Å². The van der Waals surface area contributed by atoms with Crippen molar-refractivity contribution in [3.8, 4) is 0 Å². The molecule has 0 saturated carbocycles. The number of amides is 1. The highest BCUT2D eigenvalue weighted by Crippen LogP contribution is 2.23. The van der Waals surface area contributed by atoms with Gasteiger partial charge in [-0.3, -0.25) is 9.52 Å². The normalized spacial score (nSPS) is 11.5. The second kappa shape index (κ2) is 8.63. The van der Waals surface area contributed by atoms with Crippen molar-refractivity contribution in [2.45, 2.75) is 4.21 Å². The number of carbonyl (C=O) groups excluding carboxylic acids is 1. The van der Waals surface area contributed by atoms with Gasteiger partial charge in [-0.05, 0) is 41.8 Å². The predicted octanol–water partition coefficient (Wildman–Crippen LogP) is 4.21. The summed E-state index contributed by atoms with van der Waals surface area (Å²) >= 11 is 4.29. The maximum absolute atomic E-state index is 13.7. The third-order valence-electron chi connectivity index (χ3n) is 3.50. The van der Waals surface area contributed by atoms with Gasteiger partial charge in [-0.2, -0.15) is 5.10 Å². The van der Waals surface area contributed by atoms with Gasteiger partial charge in [0, 0.05) is 10.0 Å². The summed E-state index contributed by atoms with van der Waals surface area (Å²) in [6.45, 7) is 0. The van der Waals surface area contributed by atoms with E-state index in [-0.39, 0.29) is 21.0 Å². The number of hydrazone groups is 1. The van der Waals surface area contributed by atoms with E-state index in [1.54, 1.807) is 29.6 Å². The summed E-state index contributed by atoms with van der Waals surface area (Å²) in [5.41, 5.74) is 2.64. The second-order valence-electron chi connectivity index (χ2n) is 5.45. The number of benzene rings is 2. The molecule has 0 aliphatic carbocycles. The first-order valence-electron chi connectivity index (χ1n) is 7.80. The fourth-order valence-corrected chi connectivity index (χ4v) is 4.67. The lowest BCUT2D eigenvalue weighted by atomic mass is 10.2. The summed E-state index contributed by atoms with van der Waals surface area (Å²) in [4.78, 5) is 12.4. The second-order valence-corrected chi connectivity index (χ2v) is 9.22. The van der Waals surface area contributed by atoms with Gasteiger partial charge in [-0.25, -0.2) is 18.2 Å². The largest absolute Gasteiger partial charge is 0.278 e. The summed E-state index contributed by atoms with van der Waals surface area (Å²) in [6, 6.07) is 13.5. The number of rotatable bonds is 6. The third kappa shape index (κ3) is 4.83. The first-order chi connectivity index (χ1) is 13.4. The summed E-state index contributed by atoms with van der Waals surface area (Å²) in [7, 11) is -3.80. The zero-order valence-corrected chi connectivity index (χ0v) is 17.3. The number of hydrogen-bond acceptors (Lipinski definition) is 5. The van der Waals surface area contributed by atoms with Crippen molar-refractivity contribution < 1.29 is 17.6 Å². The Morgan fingerprint density at radius 1 is 1.14 bits per heavy atom. The minimum atomic E-state index is -3.80. The van der Waals surface area contributed by atoms with Crippen molar-refractivity contribution in [2.75, 3.05) is 4.72 Å². The SMILES string of the molecule is O=C(N/N=C/c1cc(Br)ccc1F)c1ccccc1NS(=O)(=O)c1cccs1. The van der Waals surface area contributed by atoms with Crippen LogP contribution < -0.4 is 10.1 Å². The molecule has 0 aliphatic rings. The number of nitrogens with one attached hydrogen (secondary N) is 2. The molecule has 3 aromatic rings. The fourth-order valence-electron chi connectivity index (χ4n) is 2.22. The van der Waals surface area contributed by atoms with E-state index in [9.17, 15) is 17.6 Å². The number of para-hydroxylation sites is 1. The topological polar surface area (TPSA) is 87.6 Å². The van der Waals surface area contributed by atoms with Crippen molar-refractivity contribution in [1.29, 1.82) is 0 Å². The fraction of sp³-hybridized carbons (Fsp3) is 0. The highest BCUT2D eigenvalue weighted by Gasteiger charge is 2.19. The van der Waals surface area contributed by atoms with Crippen molar-refractivity contribution >= 4 is 55.1 Å². The summed E-state index contributed by atoms with van der Waals surface area (Å²) in [6.07, 6.45) is 1.16. The van der Waals surface area contributed by atoms with E-state index in [4.69, 9.17) is 0 Å². The third-order valence-corrected chi connectivity index (χ3v) is 6.76. The number of carbonyl (C=O) groups is 1. The van der Waals surface area contributed by atoms with Gasteiger partial charge in [0.2, 0.25) is 0 Å². The van der Waals surface area contributed by atoms with Crippen LogP contribution in [-0.2, 0) is 10.0 Å². The van der Waals surface area contributed by atoms with Gasteiger partial charge in [0.05, 0.1) is 17.5 Å². The van der Waals surface area contributed by atoms with Crippen LogP contribution in [0.2, 0.25) is 0 Å². The lowest BCUT2D eigenvalue weighted by Crippen LogP contribution is -2.21. The average molecular weight is 482 g/mol. The van der Waals surface area contributed by atoms with Gasteiger partial charge in [-0.15, -0.1) is 11.3 Å². The molecule has 2 N–H and O–H groups in total. The average Bonchev–Trinajstić information content (AvgIpc) is 3.20. The van der Waals surface area contributed by atoms with Gasteiger partial charge in [-0.1, -0.05) is 34.1 Å². The molecule has 1 heterocycles. The molecule has 0 fully saturated rings. The van der Waals surface area contributed by atoms with E-state index in [2.05, 4.69) is 31.2 Å². The smallest absolute Gasteiger partial charge is 0.273 e. The molecule has 0 saturated heterocycles. The molecule has 2 aromatic carbocycles. The number of halogens is 2. The molecule has 144 valence electrons. The Balaban J connectivity index is 1.78. The van der Waals surface area contributed by atoms with Crippen molar-refractivity contribution in [2.24, 2.45) is 5.10 Å². The van der Waals surface area contributed by atoms with Crippen LogP contribution in [0.1, 0.15) is 15.9 Å². The molecule has 0 bridgehead atoms. The Morgan fingerprint density at radius 3 is 2.68 bits per heavy atom. The maximum Gasteiger partial charge on any atom is 0.273 e. The molecule has 6 nitrogen and oxygen atoms in total. The van der Waals surface area contributed by atoms with Gasteiger partial charge in [0.25, 0.3) is 15.9 Å². The molecule has 3 rings (SSSR count). The monoisotopic (exact) mass is 481 g/mol. The lowest BCUT2D eigenvalue weighted by Gasteiger charge is -2.10. The van der Waals surface area contributed by atoms with E-state index < -0.39 is 21.7 Å². The van der Waals surface area contributed by atoms with Gasteiger partial charge in [0.1, 0.15) is 10.0 Å². The summed E-state index contributed by atoms with van der Waals surface area (Å²) in [5.74, 6) is -1.14. The Kier molecular flexibility index (Phi) is 6.22. The molecule has 0 atom stereocenters.